The molecule has 0 N–H and O–H groups in total. The normalized spacial score (nSPS) is 11.5. The van der Waals surface area contributed by atoms with Crippen molar-refractivity contribution in [2.24, 2.45) is 0 Å². The summed E-state index contributed by atoms with van der Waals surface area (Å²) in [6.45, 7) is 0. The van der Waals surface area contributed by atoms with Crippen molar-refractivity contribution >= 4 is 119 Å². The third-order valence-corrected chi connectivity index (χ3v) is 26.5. The van der Waals surface area contributed by atoms with E-state index in [9.17, 15) is 0 Å². The predicted octanol–water partition coefficient (Wildman–Crippen LogP) is 33.6. The Kier molecular flexibility index (Phi) is 21.1. The highest BCUT2D eigenvalue weighted by Crippen LogP contribution is 2.44. The highest BCUT2D eigenvalue weighted by molar-refractivity contribution is 6.17. The van der Waals surface area contributed by atoms with E-state index in [4.69, 9.17) is 49.3 Å². The van der Waals surface area contributed by atoms with Gasteiger partial charge < -0.3 is 4.42 Å². The van der Waals surface area contributed by atoms with E-state index in [1.54, 1.807) is 0 Å². The molecule has 0 fully saturated rings. The lowest BCUT2D eigenvalue weighted by Crippen LogP contribution is -2.01. The Bertz CT molecular complexity index is 9360. The topological polar surface area (TPSA) is 129 Å². The van der Waals surface area contributed by atoms with Crippen LogP contribution in [-0.4, -0.2) is 44.9 Å². The highest BCUT2D eigenvalue weighted by Gasteiger charge is 2.23. The second kappa shape index (κ2) is 35.6. The highest BCUT2D eigenvalue weighted by atomic mass is 16.3. The van der Waals surface area contributed by atoms with Crippen molar-refractivity contribution < 1.29 is 4.42 Å². The summed E-state index contributed by atoms with van der Waals surface area (Å²) in [4.78, 5) is 45.3. The number of hydrogen-bond donors (Lipinski definition) is 0. The maximum absolute atomic E-state index is 6.26. The average molecular weight is 1770 g/mol. The molecule has 10 heteroatoms. The van der Waals surface area contributed by atoms with Gasteiger partial charge in [0, 0.05) is 60.8 Å². The minimum atomic E-state index is 0.635. The van der Waals surface area contributed by atoms with Crippen LogP contribution < -0.4 is 0 Å². The average Bonchev–Trinajstić information content (AvgIpc) is 1.71. The van der Waals surface area contributed by atoms with Crippen molar-refractivity contribution in [3.8, 4) is 147 Å². The van der Waals surface area contributed by atoms with Gasteiger partial charge in [-0.05, 0) is 196 Å². The molecule has 4 aromatic heterocycles. The van der Waals surface area contributed by atoms with E-state index in [1.807, 2.05) is 84.9 Å². The summed E-state index contributed by atoms with van der Waals surface area (Å²) in [5.74, 6) is 5.86. The fourth-order valence-corrected chi connectivity index (χ4v) is 19.5. The van der Waals surface area contributed by atoms with Crippen molar-refractivity contribution in [2.45, 2.75) is 0 Å². The molecule has 10 nitrogen and oxygen atoms in total. The number of fused-ring (bicyclic) bond motifs is 14. The molecule has 4 heterocycles. The number of hydrogen-bond acceptors (Lipinski definition) is 10. The number of aromatic nitrogens is 9. The van der Waals surface area contributed by atoms with Gasteiger partial charge in [0.2, 0.25) is 0 Å². The van der Waals surface area contributed by atoms with Gasteiger partial charge in [-0.3, -0.25) is 0 Å². The molecule has 0 radical (unpaired) electrons. The summed E-state index contributed by atoms with van der Waals surface area (Å²) in [5.41, 5.74) is 19.8. The lowest BCUT2D eigenvalue weighted by molar-refractivity contribution is 0.669. The molecule has 0 spiro atoms. The van der Waals surface area contributed by atoms with Crippen LogP contribution in [0.4, 0.5) is 0 Å². The van der Waals surface area contributed by atoms with Crippen LogP contribution in [0, 0.1) is 0 Å². The van der Waals surface area contributed by atoms with Gasteiger partial charge in [0.1, 0.15) is 11.2 Å². The molecular weight excluding hydrogens is 1690 g/mol. The van der Waals surface area contributed by atoms with E-state index >= 15 is 0 Å². The molecule has 139 heavy (non-hydrogen) atoms. The van der Waals surface area contributed by atoms with Gasteiger partial charge in [0.05, 0.1) is 0 Å². The Morgan fingerprint density at radius 1 is 0.115 bits per heavy atom. The van der Waals surface area contributed by atoms with Crippen LogP contribution >= 0.6 is 0 Å². The summed E-state index contributed by atoms with van der Waals surface area (Å²) in [7, 11) is 0. The molecular formula is C129H81N9O. The smallest absolute Gasteiger partial charge is 0.164 e. The molecule has 0 amide bonds. The summed E-state index contributed by atoms with van der Waals surface area (Å²) < 4.78 is 6.26. The largest absolute Gasteiger partial charge is 0.456 e. The summed E-state index contributed by atoms with van der Waals surface area (Å²) >= 11 is 0. The van der Waals surface area contributed by atoms with E-state index in [0.717, 1.165) is 132 Å². The van der Waals surface area contributed by atoms with Gasteiger partial charge >= 0.3 is 0 Å². The zero-order valence-corrected chi connectivity index (χ0v) is 75.2. The maximum atomic E-state index is 6.26. The van der Waals surface area contributed by atoms with E-state index in [-0.39, 0.29) is 0 Å². The molecule has 23 aromatic carbocycles. The quantitative estimate of drug-likeness (QED) is 0.103. The summed E-state index contributed by atoms with van der Waals surface area (Å²) in [5, 5.41) is 23.6. The van der Waals surface area contributed by atoms with E-state index < -0.39 is 0 Å². The lowest BCUT2D eigenvalue weighted by Gasteiger charge is -2.14. The van der Waals surface area contributed by atoms with E-state index in [0.29, 0.717) is 52.4 Å². The van der Waals surface area contributed by atoms with Crippen LogP contribution in [-0.2, 0) is 0 Å². The second-order valence-corrected chi connectivity index (χ2v) is 35.0. The van der Waals surface area contributed by atoms with E-state index in [1.165, 1.54) is 81.7 Å². The molecule has 27 rings (SSSR count). The minimum absolute atomic E-state index is 0.635. The number of benzene rings is 23. The lowest BCUT2D eigenvalue weighted by atomic mass is 9.92. The third kappa shape index (κ3) is 16.1. The van der Waals surface area contributed by atoms with Gasteiger partial charge in [-0.2, -0.15) is 0 Å². The molecule has 0 aliphatic rings. The molecule has 0 unspecified atom stereocenters. The third-order valence-electron chi connectivity index (χ3n) is 26.5. The number of nitrogens with zero attached hydrogens (tertiary/aromatic N) is 9. The van der Waals surface area contributed by atoms with Crippen LogP contribution in [0.1, 0.15) is 0 Å². The molecule has 0 atom stereocenters. The molecule has 27 aromatic rings. The molecule has 0 saturated heterocycles. The molecule has 0 bridgehead atoms. The zero-order chi connectivity index (χ0) is 92.1. The SMILES string of the molecule is c1ccc(-c2ccc(-c3ccc(-c4nc(-c5ccccc5)nc(-c5ccc6c(ccc7ccccc76)c5)n4)cc3)cc2)cc1.c1ccc(-c2nc(-c3ccc4ccccc4c3)nc(-c3cccc4cc(-c5ccc6c(ccc7ccccc76)c5)ccc34)n2)cc1.c1ccc2cc(-c3nc(-c4ccc5ccccc5c4)nc(-c4ccc(-c5cccc6oc7ccccc7c56)c5ccccc45)n3)ccc2c1. The second-order valence-electron chi connectivity index (χ2n) is 35.0. The Morgan fingerprint density at radius 2 is 0.367 bits per heavy atom. The number of rotatable bonds is 13. The maximum Gasteiger partial charge on any atom is 0.164 e. The first kappa shape index (κ1) is 82.2. The first-order chi connectivity index (χ1) is 68.8. The van der Waals surface area contributed by atoms with Crippen LogP contribution in [0.5, 0.6) is 0 Å². The fraction of sp³-hybridized carbons (Fsp3) is 0. The summed E-state index contributed by atoms with van der Waals surface area (Å²) in [6, 6.07) is 172. The zero-order valence-electron chi connectivity index (χ0n) is 75.2. The summed E-state index contributed by atoms with van der Waals surface area (Å²) in [6.07, 6.45) is 0. The van der Waals surface area contributed by atoms with Crippen LogP contribution in [0.25, 0.3) is 266 Å². The Labute approximate surface area is 801 Å². The molecule has 648 valence electrons. The Balaban J connectivity index is 0.000000110. The molecule has 0 saturated carbocycles. The van der Waals surface area contributed by atoms with Crippen molar-refractivity contribution in [3.05, 3.63) is 491 Å². The Hall–Kier alpha value is -18.8. The van der Waals surface area contributed by atoms with Crippen molar-refractivity contribution in [2.75, 3.05) is 0 Å². The van der Waals surface area contributed by atoms with E-state index in [2.05, 4.69) is 406 Å². The monoisotopic (exact) mass is 1770 g/mol. The molecule has 0 aliphatic carbocycles. The van der Waals surface area contributed by atoms with Crippen molar-refractivity contribution in [3.63, 3.8) is 0 Å². The standard InChI is InChI=1S/C45H27N3O.C43H27N3.C41H27N3/c1-3-12-30-26-32(22-20-28(30)10-1)43-46-44(33-23-21-29-11-2-4-13-31(29)27-33)48-45(47-43)38-25-24-36(34-14-5-6-15-35(34)38)37-17-9-19-41-42(37)39-16-7-8-18-40(39)49-41;1-2-11-30(12-3-1)41-44-42(36-20-17-28-9-4-5-13-31(28)27-36)46-43(45-41)40-16-8-14-34-25-32(22-24-39(34)40)33-21-23-38-35(26-33)19-18-29-10-6-7-15-37(29)38;1-3-9-28(10-4-1)29-15-17-30(18-16-29)31-19-22-34(23-20-31)40-42-39(33-12-5-2-6-13-33)43-41(44-40)36-25-26-38-35(27-36)24-21-32-11-7-8-14-37(32)38/h1-27H;1-27H;1-27H. The van der Waals surface area contributed by atoms with Gasteiger partial charge in [0.15, 0.2) is 52.4 Å². The van der Waals surface area contributed by atoms with Gasteiger partial charge in [-0.15, -0.1) is 0 Å². The predicted molar refractivity (Wildman–Crippen MR) is 575 cm³/mol. The van der Waals surface area contributed by atoms with Crippen LogP contribution in [0.2, 0.25) is 0 Å². The van der Waals surface area contributed by atoms with Crippen molar-refractivity contribution in [1.29, 1.82) is 0 Å². The number of para-hydroxylation sites is 1. The first-order valence-corrected chi connectivity index (χ1v) is 46.7. The minimum Gasteiger partial charge on any atom is -0.456 e. The van der Waals surface area contributed by atoms with Crippen LogP contribution in [0.15, 0.2) is 496 Å². The van der Waals surface area contributed by atoms with Crippen LogP contribution in [0.3, 0.4) is 0 Å². The Morgan fingerprint density at radius 3 is 0.835 bits per heavy atom. The van der Waals surface area contributed by atoms with Gasteiger partial charge in [0.25, 0.3) is 0 Å². The number of furan rings is 1. The van der Waals surface area contributed by atoms with Crippen molar-refractivity contribution in [1.82, 2.24) is 44.9 Å². The van der Waals surface area contributed by atoms with Gasteiger partial charge in [-0.1, -0.05) is 437 Å². The first-order valence-electron chi connectivity index (χ1n) is 46.7. The molecule has 0 aliphatic heterocycles. The van der Waals surface area contributed by atoms with Gasteiger partial charge in [-0.25, -0.2) is 44.9 Å². The fourth-order valence-electron chi connectivity index (χ4n) is 19.5.